The number of carbonyl (C=O) groups is 2. The summed E-state index contributed by atoms with van der Waals surface area (Å²) in [6.45, 7) is 7.21. The molecule has 0 atom stereocenters. The molecule has 0 saturated carbocycles. The van der Waals surface area contributed by atoms with E-state index in [0.717, 1.165) is 0 Å². The Hall–Kier alpha value is -0.360. The standard InChI is InChI=1S/C10H18O4S2/c1-7(2)13-9(11)5-15-16-6-10(12)14-8(3)4/h7-8H,5-6H2,1-4H3. The van der Waals surface area contributed by atoms with Crippen LogP contribution in [0, 0.1) is 0 Å². The lowest BCUT2D eigenvalue weighted by Crippen LogP contribution is -2.14. The van der Waals surface area contributed by atoms with Gasteiger partial charge >= 0.3 is 11.9 Å². The summed E-state index contributed by atoms with van der Waals surface area (Å²) in [6, 6.07) is 0. The van der Waals surface area contributed by atoms with E-state index in [2.05, 4.69) is 0 Å². The van der Waals surface area contributed by atoms with Crippen LogP contribution in [-0.4, -0.2) is 35.7 Å². The quantitative estimate of drug-likeness (QED) is 0.400. The Kier molecular flexibility index (Phi) is 8.56. The van der Waals surface area contributed by atoms with Crippen molar-refractivity contribution in [1.82, 2.24) is 0 Å². The van der Waals surface area contributed by atoms with Gasteiger partial charge < -0.3 is 9.47 Å². The molecule has 6 heteroatoms. The van der Waals surface area contributed by atoms with Crippen LogP contribution in [0.15, 0.2) is 0 Å². The highest BCUT2D eigenvalue weighted by Gasteiger charge is 2.08. The minimum atomic E-state index is -0.260. The van der Waals surface area contributed by atoms with E-state index in [-0.39, 0.29) is 35.7 Å². The zero-order valence-electron chi connectivity index (χ0n) is 10.0. The van der Waals surface area contributed by atoms with Gasteiger partial charge in [-0.3, -0.25) is 9.59 Å². The van der Waals surface area contributed by atoms with Crippen LogP contribution in [0.2, 0.25) is 0 Å². The molecule has 0 spiro atoms. The first-order chi connectivity index (χ1) is 7.41. The summed E-state index contributed by atoms with van der Waals surface area (Å²) >= 11 is 0. The van der Waals surface area contributed by atoms with E-state index in [1.165, 1.54) is 21.6 Å². The molecule has 0 aromatic heterocycles. The van der Waals surface area contributed by atoms with E-state index >= 15 is 0 Å². The van der Waals surface area contributed by atoms with Crippen molar-refractivity contribution in [3.8, 4) is 0 Å². The largest absolute Gasteiger partial charge is 0.462 e. The number of esters is 2. The van der Waals surface area contributed by atoms with Gasteiger partial charge in [-0.15, -0.1) is 0 Å². The maximum absolute atomic E-state index is 11.1. The van der Waals surface area contributed by atoms with E-state index in [9.17, 15) is 9.59 Å². The average Bonchev–Trinajstić information content (AvgIpc) is 2.10. The maximum atomic E-state index is 11.1. The minimum Gasteiger partial charge on any atom is -0.462 e. The normalized spacial score (nSPS) is 10.6. The molecule has 0 heterocycles. The Bertz CT molecular complexity index is 205. The van der Waals surface area contributed by atoms with Gasteiger partial charge in [-0.05, 0) is 27.7 Å². The van der Waals surface area contributed by atoms with Crippen LogP contribution >= 0.6 is 21.6 Å². The zero-order chi connectivity index (χ0) is 12.6. The lowest BCUT2D eigenvalue weighted by molar-refractivity contribution is -0.145. The summed E-state index contributed by atoms with van der Waals surface area (Å²) < 4.78 is 9.87. The van der Waals surface area contributed by atoms with Crippen molar-refractivity contribution < 1.29 is 19.1 Å². The molecule has 0 fully saturated rings. The SMILES string of the molecule is CC(C)OC(=O)CSSCC(=O)OC(C)C. The lowest BCUT2D eigenvalue weighted by atomic mass is 10.5. The van der Waals surface area contributed by atoms with Crippen LogP contribution in [0.25, 0.3) is 0 Å². The van der Waals surface area contributed by atoms with Crippen molar-refractivity contribution in [1.29, 1.82) is 0 Å². The molecule has 0 rings (SSSR count). The van der Waals surface area contributed by atoms with E-state index in [1.54, 1.807) is 27.7 Å². The molecule has 0 N–H and O–H groups in total. The van der Waals surface area contributed by atoms with Crippen molar-refractivity contribution in [3.63, 3.8) is 0 Å². The molecule has 0 aliphatic carbocycles. The average molecular weight is 266 g/mol. The second kappa shape index (κ2) is 8.75. The Morgan fingerprint density at radius 2 is 1.19 bits per heavy atom. The first-order valence-electron chi connectivity index (χ1n) is 5.05. The van der Waals surface area contributed by atoms with Gasteiger partial charge in [-0.25, -0.2) is 0 Å². The van der Waals surface area contributed by atoms with Crippen LogP contribution < -0.4 is 0 Å². The highest BCUT2D eigenvalue weighted by atomic mass is 33.1. The number of hydrogen-bond donors (Lipinski definition) is 0. The molecule has 0 radical (unpaired) electrons. The third-order valence-electron chi connectivity index (χ3n) is 1.17. The smallest absolute Gasteiger partial charge is 0.317 e. The number of carbonyl (C=O) groups excluding carboxylic acids is 2. The third-order valence-corrected chi connectivity index (χ3v) is 3.25. The molecule has 16 heavy (non-hydrogen) atoms. The second-order valence-electron chi connectivity index (χ2n) is 3.60. The van der Waals surface area contributed by atoms with Gasteiger partial charge in [0.25, 0.3) is 0 Å². The first kappa shape index (κ1) is 15.6. The lowest BCUT2D eigenvalue weighted by Gasteiger charge is -2.08. The summed E-state index contributed by atoms with van der Waals surface area (Å²) in [5, 5.41) is 0. The number of hydrogen-bond acceptors (Lipinski definition) is 6. The molecule has 94 valence electrons. The molecular formula is C10H18O4S2. The van der Waals surface area contributed by atoms with E-state index < -0.39 is 0 Å². The fourth-order valence-corrected chi connectivity index (χ4v) is 2.35. The number of rotatable bonds is 7. The molecule has 0 amide bonds. The van der Waals surface area contributed by atoms with Crippen LogP contribution in [0.3, 0.4) is 0 Å². The molecule has 0 aliphatic heterocycles. The minimum absolute atomic E-state index is 0.0935. The molecule has 0 saturated heterocycles. The first-order valence-corrected chi connectivity index (χ1v) is 7.54. The molecule has 0 aromatic carbocycles. The summed E-state index contributed by atoms with van der Waals surface area (Å²) in [5.74, 6) is -0.0234. The van der Waals surface area contributed by atoms with Gasteiger partial charge in [0, 0.05) is 0 Å². The van der Waals surface area contributed by atoms with Crippen molar-refractivity contribution in [3.05, 3.63) is 0 Å². The van der Waals surface area contributed by atoms with E-state index in [1.807, 2.05) is 0 Å². The van der Waals surface area contributed by atoms with Gasteiger partial charge in [0.15, 0.2) is 0 Å². The zero-order valence-corrected chi connectivity index (χ0v) is 11.7. The predicted molar refractivity (Wildman–Crippen MR) is 67.4 cm³/mol. The predicted octanol–water partition coefficient (Wildman–Crippen LogP) is 2.27. The van der Waals surface area contributed by atoms with E-state index in [0.29, 0.717) is 0 Å². The Labute approximate surface area is 104 Å². The Morgan fingerprint density at radius 1 is 0.875 bits per heavy atom. The van der Waals surface area contributed by atoms with E-state index in [4.69, 9.17) is 9.47 Å². The fourth-order valence-electron chi connectivity index (χ4n) is 0.773. The molecule has 0 unspecified atom stereocenters. The van der Waals surface area contributed by atoms with Crippen LogP contribution in [-0.2, 0) is 19.1 Å². The van der Waals surface area contributed by atoms with Gasteiger partial charge in [0.2, 0.25) is 0 Å². The Morgan fingerprint density at radius 3 is 1.44 bits per heavy atom. The summed E-state index contributed by atoms with van der Waals surface area (Å²) in [6.07, 6.45) is -0.187. The van der Waals surface area contributed by atoms with Crippen molar-refractivity contribution in [2.45, 2.75) is 39.9 Å². The summed E-state index contributed by atoms with van der Waals surface area (Å²) in [4.78, 5) is 22.2. The monoisotopic (exact) mass is 266 g/mol. The van der Waals surface area contributed by atoms with Crippen LogP contribution in [0.5, 0.6) is 0 Å². The molecule has 0 bridgehead atoms. The molecule has 0 aliphatic rings. The summed E-state index contributed by atoms with van der Waals surface area (Å²) in [5.41, 5.74) is 0. The van der Waals surface area contributed by atoms with Gasteiger partial charge in [-0.1, -0.05) is 21.6 Å². The van der Waals surface area contributed by atoms with Crippen LogP contribution in [0.4, 0.5) is 0 Å². The third kappa shape index (κ3) is 10.2. The molecule has 4 nitrogen and oxygen atoms in total. The molecule has 0 aromatic rings. The highest BCUT2D eigenvalue weighted by Crippen LogP contribution is 2.21. The summed E-state index contributed by atoms with van der Waals surface area (Å²) in [7, 11) is 2.60. The Balaban J connectivity index is 3.46. The number of ether oxygens (including phenoxy) is 2. The van der Waals surface area contributed by atoms with Crippen molar-refractivity contribution in [2.24, 2.45) is 0 Å². The van der Waals surface area contributed by atoms with Crippen molar-refractivity contribution in [2.75, 3.05) is 11.5 Å². The van der Waals surface area contributed by atoms with Gasteiger partial charge in [0.1, 0.15) is 11.5 Å². The topological polar surface area (TPSA) is 52.6 Å². The van der Waals surface area contributed by atoms with Crippen LogP contribution in [0.1, 0.15) is 27.7 Å². The molecular weight excluding hydrogens is 248 g/mol. The van der Waals surface area contributed by atoms with Crippen molar-refractivity contribution >= 4 is 33.5 Å². The van der Waals surface area contributed by atoms with Gasteiger partial charge in [0.05, 0.1) is 12.2 Å². The van der Waals surface area contributed by atoms with Gasteiger partial charge in [-0.2, -0.15) is 0 Å². The maximum Gasteiger partial charge on any atom is 0.317 e. The highest BCUT2D eigenvalue weighted by molar-refractivity contribution is 8.77. The second-order valence-corrected chi connectivity index (χ2v) is 6.06. The fraction of sp³-hybridized carbons (Fsp3) is 0.800.